The van der Waals surface area contributed by atoms with Crippen LogP contribution in [0.3, 0.4) is 0 Å². The van der Waals surface area contributed by atoms with E-state index in [0.717, 1.165) is 10.0 Å². The molecule has 1 atom stereocenters. The summed E-state index contributed by atoms with van der Waals surface area (Å²) in [5, 5.41) is 0.595. The van der Waals surface area contributed by atoms with E-state index in [4.69, 9.17) is 11.6 Å². The molecule has 5 heteroatoms. The van der Waals surface area contributed by atoms with Crippen LogP contribution in [0.2, 0.25) is 5.02 Å². The zero-order valence-electron chi connectivity index (χ0n) is 9.33. The molecule has 1 aromatic rings. The van der Waals surface area contributed by atoms with Crippen molar-refractivity contribution in [3.05, 3.63) is 33.3 Å². The van der Waals surface area contributed by atoms with Crippen molar-refractivity contribution in [2.45, 2.75) is 25.5 Å². The SMILES string of the molecule is CC(C)(C)[S@](=O)N=Cc1cc(Br)ccc1Cl. The Morgan fingerprint density at radius 1 is 1.44 bits per heavy atom. The first kappa shape index (κ1) is 13.9. The smallest absolute Gasteiger partial charge is 0.144 e. The largest absolute Gasteiger partial charge is 0.234 e. The second-order valence-electron chi connectivity index (χ2n) is 4.26. The van der Waals surface area contributed by atoms with Crippen molar-refractivity contribution in [3.63, 3.8) is 0 Å². The van der Waals surface area contributed by atoms with Crippen molar-refractivity contribution in [2.24, 2.45) is 4.40 Å². The average Bonchev–Trinajstić information content (AvgIpc) is 2.17. The fourth-order valence-corrected chi connectivity index (χ4v) is 1.95. The molecule has 0 saturated heterocycles. The molecule has 2 nitrogen and oxygen atoms in total. The Labute approximate surface area is 112 Å². The molecule has 0 amide bonds. The first-order valence-corrected chi connectivity index (χ1v) is 6.99. The van der Waals surface area contributed by atoms with Gasteiger partial charge in [-0.2, -0.15) is 4.40 Å². The van der Waals surface area contributed by atoms with Crippen molar-refractivity contribution in [2.75, 3.05) is 0 Å². The van der Waals surface area contributed by atoms with E-state index in [1.54, 1.807) is 12.3 Å². The van der Waals surface area contributed by atoms with Crippen LogP contribution in [0, 0.1) is 0 Å². The Morgan fingerprint density at radius 2 is 2.06 bits per heavy atom. The minimum atomic E-state index is -1.26. The van der Waals surface area contributed by atoms with Gasteiger partial charge in [0.05, 0.1) is 4.75 Å². The number of nitrogens with zero attached hydrogens (tertiary/aromatic N) is 1. The molecule has 0 aliphatic rings. The zero-order chi connectivity index (χ0) is 12.3. The van der Waals surface area contributed by atoms with E-state index in [0.29, 0.717) is 5.02 Å². The van der Waals surface area contributed by atoms with Gasteiger partial charge in [-0.15, -0.1) is 0 Å². The van der Waals surface area contributed by atoms with Crippen molar-refractivity contribution in [1.82, 2.24) is 0 Å². The fourth-order valence-electron chi connectivity index (χ4n) is 0.876. The van der Waals surface area contributed by atoms with Gasteiger partial charge in [-0.05, 0) is 39.0 Å². The van der Waals surface area contributed by atoms with Gasteiger partial charge in [0.2, 0.25) is 0 Å². The Bertz CT molecular complexity index is 440. The summed E-state index contributed by atoms with van der Waals surface area (Å²) in [4.78, 5) is 0. The molecule has 1 rings (SSSR count). The van der Waals surface area contributed by atoms with Crippen LogP contribution in [0.1, 0.15) is 26.3 Å². The summed E-state index contributed by atoms with van der Waals surface area (Å²) in [6.07, 6.45) is 1.55. The lowest BCUT2D eigenvalue weighted by molar-refractivity contribution is 0.651. The number of rotatable bonds is 2. The number of benzene rings is 1. The minimum Gasteiger partial charge on any atom is -0.234 e. The monoisotopic (exact) mass is 321 g/mol. The maximum atomic E-state index is 11.7. The lowest BCUT2D eigenvalue weighted by Crippen LogP contribution is -2.19. The molecular formula is C11H13BrClNOS. The molecular weight excluding hydrogens is 310 g/mol. The third kappa shape index (κ3) is 4.00. The van der Waals surface area contributed by atoms with Crippen molar-refractivity contribution in [3.8, 4) is 0 Å². The topological polar surface area (TPSA) is 29.4 Å². The van der Waals surface area contributed by atoms with Crippen molar-refractivity contribution >= 4 is 44.7 Å². The molecule has 0 unspecified atom stereocenters. The van der Waals surface area contributed by atoms with Gasteiger partial charge in [0.1, 0.15) is 11.0 Å². The Balaban J connectivity index is 2.93. The second kappa shape index (κ2) is 5.43. The number of halogens is 2. The van der Waals surface area contributed by atoms with Crippen molar-refractivity contribution in [1.29, 1.82) is 0 Å². The molecule has 0 radical (unpaired) electrons. The molecule has 0 saturated carbocycles. The molecule has 0 N–H and O–H groups in total. The fraction of sp³-hybridized carbons (Fsp3) is 0.364. The standard InChI is InChI=1S/C11H13BrClNOS/c1-11(2,3)16(15)14-7-8-6-9(12)4-5-10(8)13/h4-7H,1-3H3/t16-/m0/s1. The Morgan fingerprint density at radius 3 is 2.62 bits per heavy atom. The minimum absolute atomic E-state index is 0.352. The van der Waals surface area contributed by atoms with E-state index in [9.17, 15) is 4.21 Å². The van der Waals surface area contributed by atoms with Gasteiger partial charge in [-0.3, -0.25) is 0 Å². The summed E-state index contributed by atoms with van der Waals surface area (Å²) in [7, 11) is -1.26. The van der Waals surface area contributed by atoms with Gasteiger partial charge < -0.3 is 0 Å². The lowest BCUT2D eigenvalue weighted by Gasteiger charge is -2.12. The van der Waals surface area contributed by atoms with E-state index in [1.165, 1.54) is 0 Å². The second-order valence-corrected chi connectivity index (χ2v) is 7.52. The summed E-state index contributed by atoms with van der Waals surface area (Å²) in [6, 6.07) is 5.46. The highest BCUT2D eigenvalue weighted by Crippen LogP contribution is 2.20. The average molecular weight is 323 g/mol. The number of hydrogen-bond donors (Lipinski definition) is 0. The van der Waals surface area contributed by atoms with Crippen LogP contribution in [-0.2, 0) is 11.0 Å². The maximum Gasteiger partial charge on any atom is 0.144 e. The maximum absolute atomic E-state index is 11.7. The normalized spacial score (nSPS) is 14.3. The first-order valence-electron chi connectivity index (χ1n) is 4.72. The predicted molar refractivity (Wildman–Crippen MR) is 74.6 cm³/mol. The highest BCUT2D eigenvalue weighted by molar-refractivity contribution is 9.10. The quantitative estimate of drug-likeness (QED) is 0.757. The van der Waals surface area contributed by atoms with E-state index in [1.807, 2.05) is 32.9 Å². The van der Waals surface area contributed by atoms with Crippen LogP contribution in [0.5, 0.6) is 0 Å². The molecule has 16 heavy (non-hydrogen) atoms. The van der Waals surface area contributed by atoms with Gasteiger partial charge in [-0.25, -0.2) is 4.21 Å². The summed E-state index contributed by atoms with van der Waals surface area (Å²) >= 11 is 9.33. The van der Waals surface area contributed by atoms with Gasteiger partial charge in [0, 0.05) is 21.3 Å². The van der Waals surface area contributed by atoms with E-state index in [2.05, 4.69) is 20.3 Å². The van der Waals surface area contributed by atoms with E-state index < -0.39 is 11.0 Å². The number of hydrogen-bond acceptors (Lipinski definition) is 1. The van der Waals surface area contributed by atoms with Crippen molar-refractivity contribution < 1.29 is 4.21 Å². The summed E-state index contributed by atoms with van der Waals surface area (Å²) < 4.78 is 16.3. The Hall–Kier alpha value is -0.190. The molecule has 88 valence electrons. The van der Waals surface area contributed by atoms with Crippen LogP contribution in [0.25, 0.3) is 0 Å². The van der Waals surface area contributed by atoms with Gasteiger partial charge in [-0.1, -0.05) is 27.5 Å². The van der Waals surface area contributed by atoms with Crippen LogP contribution < -0.4 is 0 Å². The van der Waals surface area contributed by atoms with Crippen LogP contribution >= 0.6 is 27.5 Å². The van der Waals surface area contributed by atoms with Crippen LogP contribution in [0.4, 0.5) is 0 Å². The molecule has 0 aliphatic heterocycles. The molecule has 0 fully saturated rings. The van der Waals surface area contributed by atoms with Crippen LogP contribution in [-0.4, -0.2) is 15.2 Å². The zero-order valence-corrected chi connectivity index (χ0v) is 12.5. The third-order valence-corrected chi connectivity index (χ3v) is 3.95. The molecule has 0 bridgehead atoms. The van der Waals surface area contributed by atoms with Gasteiger partial charge in [0.25, 0.3) is 0 Å². The molecule has 0 spiro atoms. The van der Waals surface area contributed by atoms with E-state index >= 15 is 0 Å². The predicted octanol–water partition coefficient (Wildman–Crippen LogP) is 3.98. The molecule has 0 aliphatic carbocycles. The molecule has 0 heterocycles. The van der Waals surface area contributed by atoms with Gasteiger partial charge >= 0.3 is 0 Å². The van der Waals surface area contributed by atoms with E-state index in [-0.39, 0.29) is 4.75 Å². The van der Waals surface area contributed by atoms with Crippen LogP contribution in [0.15, 0.2) is 27.1 Å². The third-order valence-electron chi connectivity index (χ3n) is 1.77. The summed E-state index contributed by atoms with van der Waals surface area (Å²) in [5.74, 6) is 0. The lowest BCUT2D eigenvalue weighted by atomic mass is 10.2. The highest BCUT2D eigenvalue weighted by Gasteiger charge is 2.18. The Kier molecular flexibility index (Phi) is 4.71. The van der Waals surface area contributed by atoms with Gasteiger partial charge in [0.15, 0.2) is 0 Å². The highest BCUT2D eigenvalue weighted by atomic mass is 79.9. The molecule has 1 aromatic carbocycles. The molecule has 0 aromatic heterocycles. The summed E-state index contributed by atoms with van der Waals surface area (Å²) in [6.45, 7) is 5.63. The summed E-state index contributed by atoms with van der Waals surface area (Å²) in [5.41, 5.74) is 0.758. The first-order chi connectivity index (χ1) is 7.30.